The van der Waals surface area contributed by atoms with Crippen LogP contribution in [0.15, 0.2) is 24.4 Å². The largest absolute Gasteiger partial charge is 0.379 e. The molecule has 2 fully saturated rings. The van der Waals surface area contributed by atoms with E-state index >= 15 is 0 Å². The Kier molecular flexibility index (Phi) is 14.1. The van der Waals surface area contributed by atoms with Crippen molar-refractivity contribution in [3.8, 4) is 0 Å². The van der Waals surface area contributed by atoms with Gasteiger partial charge in [0.1, 0.15) is 0 Å². The topological polar surface area (TPSA) is 127 Å². The number of aromatic nitrogens is 2. The zero-order valence-corrected chi connectivity index (χ0v) is 23.9. The predicted molar refractivity (Wildman–Crippen MR) is 154 cm³/mol. The highest BCUT2D eigenvalue weighted by atomic mass is 35.5. The monoisotopic (exact) mass is 549 g/mol. The molecule has 1 aliphatic carbocycles. The van der Waals surface area contributed by atoms with Crippen molar-refractivity contribution < 1.29 is 14.3 Å². The first-order valence-electron chi connectivity index (χ1n) is 13.6. The minimum Gasteiger partial charge on any atom is -0.379 e. The van der Waals surface area contributed by atoms with E-state index in [1.807, 2.05) is 32.3 Å². The first kappa shape index (κ1) is 31.6. The van der Waals surface area contributed by atoms with Gasteiger partial charge in [0.15, 0.2) is 5.82 Å². The Morgan fingerprint density at radius 3 is 2.50 bits per heavy atom. The van der Waals surface area contributed by atoms with Crippen LogP contribution in [0.4, 0.5) is 16.3 Å². The van der Waals surface area contributed by atoms with Gasteiger partial charge in [-0.25, -0.2) is 9.78 Å². The van der Waals surface area contributed by atoms with Gasteiger partial charge in [-0.1, -0.05) is 32.4 Å². The van der Waals surface area contributed by atoms with Crippen LogP contribution in [0.1, 0.15) is 56.2 Å². The number of amides is 3. The Morgan fingerprint density at radius 1 is 1.18 bits per heavy atom. The first-order chi connectivity index (χ1) is 18.4. The number of carbonyl (C=O) groups excluding carboxylic acids is 2. The van der Waals surface area contributed by atoms with Gasteiger partial charge in [0.2, 0.25) is 5.82 Å². The number of morpholine rings is 1. The summed E-state index contributed by atoms with van der Waals surface area (Å²) in [5.41, 5.74) is 6.36. The van der Waals surface area contributed by atoms with E-state index in [0.29, 0.717) is 34.8 Å². The zero-order valence-electron chi connectivity index (χ0n) is 23.2. The molecule has 0 unspecified atom stereocenters. The number of imidazole rings is 1. The third kappa shape index (κ3) is 11.0. The van der Waals surface area contributed by atoms with Crippen LogP contribution in [0, 0.1) is 12.8 Å². The highest BCUT2D eigenvalue weighted by Crippen LogP contribution is 2.31. The van der Waals surface area contributed by atoms with Crippen molar-refractivity contribution in [1.82, 2.24) is 19.8 Å². The summed E-state index contributed by atoms with van der Waals surface area (Å²) in [4.78, 5) is 32.1. The molecule has 10 nitrogen and oxygen atoms in total. The molecule has 1 saturated carbocycles. The van der Waals surface area contributed by atoms with Crippen LogP contribution in [0.25, 0.3) is 0 Å². The van der Waals surface area contributed by atoms with Gasteiger partial charge < -0.3 is 25.7 Å². The summed E-state index contributed by atoms with van der Waals surface area (Å²) in [6, 6.07) is 4.83. The van der Waals surface area contributed by atoms with Crippen LogP contribution < -0.4 is 21.7 Å². The average molecular weight is 550 g/mol. The number of nitrogens with zero attached hydrogens (tertiary/aromatic N) is 3. The fourth-order valence-corrected chi connectivity index (χ4v) is 4.05. The number of ether oxygens (including phenoxy) is 1. The molecule has 3 amide bonds. The molecule has 1 saturated heterocycles. The number of urea groups is 1. The highest BCUT2D eigenvalue weighted by molar-refractivity contribution is 6.30. The van der Waals surface area contributed by atoms with E-state index in [4.69, 9.17) is 22.1 Å². The third-order valence-electron chi connectivity index (χ3n) is 5.85. The molecule has 2 aliphatic rings. The predicted octanol–water partition coefficient (Wildman–Crippen LogP) is 4.34. The lowest BCUT2D eigenvalue weighted by Crippen LogP contribution is -2.38. The number of benzene rings is 1. The van der Waals surface area contributed by atoms with Crippen LogP contribution in [0.2, 0.25) is 5.02 Å². The van der Waals surface area contributed by atoms with E-state index in [-0.39, 0.29) is 5.91 Å². The number of halogens is 1. The normalized spacial score (nSPS) is 14.9. The summed E-state index contributed by atoms with van der Waals surface area (Å²) in [6.45, 7) is 14.2. The number of hydrogen-bond acceptors (Lipinski definition) is 6. The Morgan fingerprint density at radius 2 is 1.87 bits per heavy atom. The molecule has 0 radical (unpaired) electrons. The molecule has 1 aromatic heterocycles. The molecule has 1 aliphatic heterocycles. The summed E-state index contributed by atoms with van der Waals surface area (Å²) < 4.78 is 7.21. The molecule has 11 heteroatoms. The van der Waals surface area contributed by atoms with Gasteiger partial charge in [-0.3, -0.25) is 15.0 Å². The summed E-state index contributed by atoms with van der Waals surface area (Å²) in [6.07, 6.45) is 4.90. The van der Waals surface area contributed by atoms with Crippen molar-refractivity contribution in [2.75, 3.05) is 56.6 Å². The number of hydrogen-bond donors (Lipinski definition) is 4. The van der Waals surface area contributed by atoms with Crippen LogP contribution >= 0.6 is 11.6 Å². The first-order valence-corrected chi connectivity index (χ1v) is 14.0. The molecule has 0 bridgehead atoms. The van der Waals surface area contributed by atoms with Crippen molar-refractivity contribution >= 4 is 35.0 Å². The van der Waals surface area contributed by atoms with Gasteiger partial charge in [0.25, 0.3) is 5.91 Å². The molecule has 2 heterocycles. The quantitative estimate of drug-likeness (QED) is 0.345. The van der Waals surface area contributed by atoms with Gasteiger partial charge in [-0.2, -0.15) is 0 Å². The molecule has 212 valence electrons. The molecule has 4 rings (SSSR count). The van der Waals surface area contributed by atoms with Crippen molar-refractivity contribution in [2.45, 2.75) is 53.5 Å². The van der Waals surface area contributed by atoms with Crippen molar-refractivity contribution in [1.29, 1.82) is 0 Å². The number of nitrogens with one attached hydrogen (secondary N) is 3. The van der Waals surface area contributed by atoms with Gasteiger partial charge in [0, 0.05) is 43.1 Å². The van der Waals surface area contributed by atoms with Gasteiger partial charge in [0.05, 0.1) is 13.2 Å². The molecule has 0 spiro atoms. The standard InChI is InChI=1S/C23H31ClN6O3.C2H7N.C2H6/c1-16-13-18(24)5-6-19(16)26-23(32)28-20-15-30(14-17-3-4-17)21(27-20)22(31)25-7-2-8-29-9-11-33-12-10-29;1-2-3;1-2/h5-6,13,15,17H,2-4,7-12,14H2,1H3,(H,25,31)(H2,26,28,32);2-3H2,1H3;1-2H3. The number of anilines is 2. The Bertz CT molecular complexity index is 1000. The van der Waals surface area contributed by atoms with E-state index in [2.05, 4.69) is 25.8 Å². The third-order valence-corrected chi connectivity index (χ3v) is 6.09. The molecule has 1 aromatic carbocycles. The number of aryl methyl sites for hydroxylation is 1. The Hall–Kier alpha value is -2.66. The summed E-state index contributed by atoms with van der Waals surface area (Å²) in [5, 5.41) is 9.12. The van der Waals surface area contributed by atoms with Crippen LogP contribution in [0.3, 0.4) is 0 Å². The molecule has 5 N–H and O–H groups in total. The van der Waals surface area contributed by atoms with E-state index in [1.54, 1.807) is 24.4 Å². The van der Waals surface area contributed by atoms with Gasteiger partial charge in [-0.05, 0) is 69.0 Å². The second-order valence-electron chi connectivity index (χ2n) is 9.06. The number of carbonyl (C=O) groups is 2. The maximum absolute atomic E-state index is 12.8. The Labute approximate surface area is 231 Å². The van der Waals surface area contributed by atoms with Gasteiger partial charge >= 0.3 is 6.03 Å². The van der Waals surface area contributed by atoms with Crippen molar-refractivity contribution in [3.63, 3.8) is 0 Å². The maximum Gasteiger partial charge on any atom is 0.324 e. The number of nitrogens with two attached hydrogens (primary N) is 1. The second-order valence-corrected chi connectivity index (χ2v) is 9.49. The molecular formula is C27H44ClN7O3. The number of rotatable bonds is 9. The zero-order chi connectivity index (χ0) is 27.9. The van der Waals surface area contributed by atoms with E-state index in [0.717, 1.165) is 70.8 Å². The van der Waals surface area contributed by atoms with Crippen molar-refractivity contribution in [2.24, 2.45) is 11.7 Å². The Balaban J connectivity index is 0.000000947. The highest BCUT2D eigenvalue weighted by Gasteiger charge is 2.25. The molecule has 38 heavy (non-hydrogen) atoms. The van der Waals surface area contributed by atoms with Crippen LogP contribution in [-0.4, -0.2) is 72.3 Å². The lowest BCUT2D eigenvalue weighted by molar-refractivity contribution is 0.0374. The van der Waals surface area contributed by atoms with Gasteiger partial charge in [-0.15, -0.1) is 0 Å². The van der Waals surface area contributed by atoms with E-state index in [9.17, 15) is 9.59 Å². The molecule has 2 aromatic rings. The van der Waals surface area contributed by atoms with Crippen LogP contribution in [-0.2, 0) is 11.3 Å². The lowest BCUT2D eigenvalue weighted by Gasteiger charge is -2.26. The second kappa shape index (κ2) is 17.0. The lowest BCUT2D eigenvalue weighted by atomic mass is 10.2. The SMILES string of the molecule is CC.CCN.Cc1cc(Cl)ccc1NC(=O)Nc1cn(CC2CC2)c(C(=O)NCCCN2CCOCC2)n1. The van der Waals surface area contributed by atoms with Crippen LogP contribution in [0.5, 0.6) is 0 Å². The summed E-state index contributed by atoms with van der Waals surface area (Å²) in [5.74, 6) is 1.01. The van der Waals surface area contributed by atoms with E-state index < -0.39 is 6.03 Å². The molecular weight excluding hydrogens is 506 g/mol. The summed E-state index contributed by atoms with van der Waals surface area (Å²) >= 11 is 5.98. The fourth-order valence-electron chi connectivity index (χ4n) is 3.82. The minimum atomic E-state index is -0.422. The average Bonchev–Trinajstić information content (AvgIpc) is 3.64. The summed E-state index contributed by atoms with van der Waals surface area (Å²) in [7, 11) is 0. The molecule has 0 atom stereocenters. The smallest absolute Gasteiger partial charge is 0.324 e. The van der Waals surface area contributed by atoms with Crippen molar-refractivity contribution in [3.05, 3.63) is 40.8 Å². The maximum atomic E-state index is 12.8. The fraction of sp³-hybridized carbons (Fsp3) is 0.593. The van der Waals surface area contributed by atoms with E-state index in [1.165, 1.54) is 0 Å². The minimum absolute atomic E-state index is 0.223.